The quantitative estimate of drug-likeness (QED) is 0.689. The van der Waals surface area contributed by atoms with Gasteiger partial charge in [0.25, 0.3) is 0 Å². The van der Waals surface area contributed by atoms with Gasteiger partial charge in [-0.25, -0.2) is 0 Å². The van der Waals surface area contributed by atoms with Crippen LogP contribution in [0.3, 0.4) is 0 Å². The summed E-state index contributed by atoms with van der Waals surface area (Å²) in [6.07, 6.45) is -0.565. The molecule has 0 aliphatic rings. The van der Waals surface area contributed by atoms with Crippen LogP contribution in [0, 0.1) is 11.8 Å². The normalized spacial score (nSPS) is 14.5. The molecular formula is C21H27ClOSi. The molecule has 0 heterocycles. The maximum Gasteiger partial charge on any atom is 0.107 e. The fourth-order valence-corrected chi connectivity index (χ4v) is 6.13. The maximum atomic E-state index is 11.0. The fourth-order valence-electron chi connectivity index (χ4n) is 3.28. The molecule has 3 heteroatoms. The Labute approximate surface area is 152 Å². The molecule has 0 aromatic heterocycles. The largest absolute Gasteiger partial charge is 0.388 e. The van der Waals surface area contributed by atoms with Crippen molar-refractivity contribution in [1.29, 1.82) is 0 Å². The zero-order valence-corrected chi connectivity index (χ0v) is 16.7. The Morgan fingerprint density at radius 3 is 2.04 bits per heavy atom. The van der Waals surface area contributed by atoms with Gasteiger partial charge >= 0.3 is 0 Å². The van der Waals surface area contributed by atoms with E-state index in [9.17, 15) is 5.11 Å². The smallest absolute Gasteiger partial charge is 0.107 e. The van der Waals surface area contributed by atoms with Crippen molar-refractivity contribution in [3.05, 3.63) is 77.0 Å². The Morgan fingerprint density at radius 2 is 1.54 bits per heavy atom. The Kier molecular flexibility index (Phi) is 6.08. The molecule has 2 aromatic carbocycles. The van der Waals surface area contributed by atoms with Crippen molar-refractivity contribution in [3.63, 3.8) is 0 Å². The molecule has 24 heavy (non-hydrogen) atoms. The standard InChI is InChI=1S/C21H27ClOSi/c1-15(2)20(21(23)17-11-13-18(22)14-12-17)16(3)24(4,5)19-9-7-6-8-10-19/h6-15,20-21,23H,3H2,1-2,4-5H3/t20-,21-/m0/s1. The molecule has 128 valence electrons. The minimum Gasteiger partial charge on any atom is -0.388 e. The van der Waals surface area contributed by atoms with Crippen LogP contribution in [0.25, 0.3) is 0 Å². The molecule has 2 atom stereocenters. The van der Waals surface area contributed by atoms with E-state index >= 15 is 0 Å². The number of aliphatic hydroxyl groups is 1. The third-order valence-electron chi connectivity index (χ3n) is 4.97. The molecule has 0 spiro atoms. The van der Waals surface area contributed by atoms with Gasteiger partial charge in [-0.15, -0.1) is 6.58 Å². The van der Waals surface area contributed by atoms with Crippen molar-refractivity contribution in [2.45, 2.75) is 33.0 Å². The van der Waals surface area contributed by atoms with E-state index in [1.54, 1.807) is 0 Å². The SMILES string of the molecule is C=C([C@H](C(C)C)[C@@H](O)c1ccc(Cl)cc1)[Si](C)(C)c1ccccc1. The number of aliphatic hydroxyl groups excluding tert-OH is 1. The molecular weight excluding hydrogens is 332 g/mol. The highest BCUT2D eigenvalue weighted by Crippen LogP contribution is 2.37. The monoisotopic (exact) mass is 358 g/mol. The Morgan fingerprint density at radius 1 is 1.00 bits per heavy atom. The molecule has 0 fully saturated rings. The molecule has 0 amide bonds. The Balaban J connectivity index is 2.36. The summed E-state index contributed by atoms with van der Waals surface area (Å²) in [5.74, 6) is 0.326. The van der Waals surface area contributed by atoms with Gasteiger partial charge in [-0.2, -0.15) is 0 Å². The second kappa shape index (κ2) is 7.69. The fraction of sp³-hybridized carbons (Fsp3) is 0.333. The molecule has 0 saturated carbocycles. The van der Waals surface area contributed by atoms with Gasteiger partial charge < -0.3 is 5.11 Å². The van der Waals surface area contributed by atoms with Crippen LogP contribution in [0.4, 0.5) is 0 Å². The van der Waals surface area contributed by atoms with Crippen molar-refractivity contribution < 1.29 is 5.11 Å². The predicted molar refractivity (Wildman–Crippen MR) is 107 cm³/mol. The Bertz CT molecular complexity index is 677. The molecule has 1 nitrogen and oxygen atoms in total. The third-order valence-corrected chi connectivity index (χ3v) is 8.94. The van der Waals surface area contributed by atoms with Crippen LogP contribution in [0.2, 0.25) is 18.1 Å². The average Bonchev–Trinajstić information content (AvgIpc) is 2.56. The number of hydrogen-bond donors (Lipinski definition) is 1. The summed E-state index contributed by atoms with van der Waals surface area (Å²) in [7, 11) is -1.90. The van der Waals surface area contributed by atoms with Crippen LogP contribution >= 0.6 is 11.6 Å². The van der Waals surface area contributed by atoms with Gasteiger partial charge in [0, 0.05) is 10.9 Å². The average molecular weight is 359 g/mol. The number of halogens is 1. The highest BCUT2D eigenvalue weighted by molar-refractivity contribution is 6.95. The van der Waals surface area contributed by atoms with E-state index in [4.69, 9.17) is 11.6 Å². The summed E-state index contributed by atoms with van der Waals surface area (Å²) in [5.41, 5.74) is 0.900. The van der Waals surface area contributed by atoms with Crippen molar-refractivity contribution in [2.75, 3.05) is 0 Å². The first-order valence-electron chi connectivity index (χ1n) is 8.43. The minimum atomic E-state index is -1.90. The second-order valence-corrected chi connectivity index (χ2v) is 12.2. The molecule has 1 N–H and O–H groups in total. The summed E-state index contributed by atoms with van der Waals surface area (Å²) in [6, 6.07) is 18.1. The zero-order chi connectivity index (χ0) is 17.9. The predicted octanol–water partition coefficient (Wildman–Crippen LogP) is 5.36. The van der Waals surface area contributed by atoms with E-state index in [1.807, 2.05) is 30.3 Å². The van der Waals surface area contributed by atoms with E-state index in [0.717, 1.165) is 5.56 Å². The lowest BCUT2D eigenvalue weighted by Gasteiger charge is -2.37. The van der Waals surface area contributed by atoms with Gasteiger partial charge in [-0.1, -0.05) is 91.4 Å². The first-order valence-corrected chi connectivity index (χ1v) is 11.8. The van der Waals surface area contributed by atoms with Crippen LogP contribution < -0.4 is 5.19 Å². The van der Waals surface area contributed by atoms with Gasteiger partial charge in [-0.05, 0) is 23.6 Å². The highest BCUT2D eigenvalue weighted by atomic mass is 35.5. The first-order chi connectivity index (χ1) is 11.2. The second-order valence-electron chi connectivity index (χ2n) is 7.28. The molecule has 0 aliphatic heterocycles. The van der Waals surface area contributed by atoms with Gasteiger partial charge in [-0.3, -0.25) is 0 Å². The lowest BCUT2D eigenvalue weighted by atomic mass is 9.86. The summed E-state index contributed by atoms with van der Waals surface area (Å²) in [4.78, 5) is 0. The van der Waals surface area contributed by atoms with Crippen molar-refractivity contribution in [3.8, 4) is 0 Å². The molecule has 0 saturated heterocycles. The molecule has 0 aliphatic carbocycles. The van der Waals surface area contributed by atoms with E-state index < -0.39 is 14.2 Å². The van der Waals surface area contributed by atoms with Gasteiger partial charge in [0.05, 0.1) is 6.10 Å². The van der Waals surface area contributed by atoms with Crippen LogP contribution in [0.5, 0.6) is 0 Å². The van der Waals surface area contributed by atoms with E-state index in [1.165, 1.54) is 10.4 Å². The summed E-state index contributed by atoms with van der Waals surface area (Å²) >= 11 is 5.98. The van der Waals surface area contributed by atoms with Crippen LogP contribution in [0.15, 0.2) is 66.4 Å². The summed E-state index contributed by atoms with van der Waals surface area (Å²) < 4.78 is 0. The topological polar surface area (TPSA) is 20.2 Å². The minimum absolute atomic E-state index is 0.0213. The molecule has 0 bridgehead atoms. The molecule has 0 unspecified atom stereocenters. The van der Waals surface area contributed by atoms with E-state index in [2.05, 4.69) is 57.8 Å². The molecule has 2 rings (SSSR count). The van der Waals surface area contributed by atoms with E-state index in [-0.39, 0.29) is 5.92 Å². The highest BCUT2D eigenvalue weighted by Gasteiger charge is 2.37. The van der Waals surface area contributed by atoms with Crippen molar-refractivity contribution in [1.82, 2.24) is 0 Å². The summed E-state index contributed by atoms with van der Waals surface area (Å²) in [5, 5.41) is 14.3. The number of benzene rings is 2. The first kappa shape index (κ1) is 19.0. The third kappa shape index (κ3) is 4.00. The lowest BCUT2D eigenvalue weighted by Crippen LogP contribution is -2.47. The van der Waals surface area contributed by atoms with E-state index in [0.29, 0.717) is 10.9 Å². The zero-order valence-electron chi connectivity index (χ0n) is 15.0. The maximum absolute atomic E-state index is 11.0. The van der Waals surface area contributed by atoms with Gasteiger partial charge in [0.2, 0.25) is 0 Å². The Hall–Kier alpha value is -1.35. The van der Waals surface area contributed by atoms with Crippen LogP contribution in [-0.2, 0) is 0 Å². The summed E-state index contributed by atoms with van der Waals surface area (Å²) in [6.45, 7) is 13.4. The number of rotatable bonds is 6. The van der Waals surface area contributed by atoms with Crippen molar-refractivity contribution >= 4 is 24.9 Å². The van der Waals surface area contributed by atoms with Gasteiger partial charge in [0.1, 0.15) is 8.07 Å². The lowest BCUT2D eigenvalue weighted by molar-refractivity contribution is 0.105. The van der Waals surface area contributed by atoms with Crippen molar-refractivity contribution in [2.24, 2.45) is 11.8 Å². The van der Waals surface area contributed by atoms with Crippen LogP contribution in [0.1, 0.15) is 25.5 Å². The van der Waals surface area contributed by atoms with Gasteiger partial charge in [0.15, 0.2) is 0 Å². The van der Waals surface area contributed by atoms with Crippen LogP contribution in [-0.4, -0.2) is 13.2 Å². The number of hydrogen-bond acceptors (Lipinski definition) is 1. The molecule has 0 radical (unpaired) electrons. The molecule has 2 aromatic rings.